The molecule has 4 nitrogen and oxygen atoms in total. The van der Waals surface area contributed by atoms with Crippen LogP contribution in [0.15, 0.2) is 30.3 Å². The van der Waals surface area contributed by atoms with E-state index < -0.39 is 9.84 Å². The van der Waals surface area contributed by atoms with Crippen LogP contribution in [0, 0.1) is 0 Å². The number of sulfone groups is 1. The molecule has 17 heavy (non-hydrogen) atoms. The third-order valence-corrected chi connectivity index (χ3v) is 4.70. The lowest BCUT2D eigenvalue weighted by molar-refractivity contribution is -0.116. The third-order valence-electron chi connectivity index (χ3n) is 2.95. The first-order valence-corrected chi connectivity index (χ1v) is 7.37. The Kier molecular flexibility index (Phi) is 3.19. The van der Waals surface area contributed by atoms with Crippen molar-refractivity contribution in [2.24, 2.45) is 0 Å². The first-order valence-electron chi connectivity index (χ1n) is 5.55. The van der Waals surface area contributed by atoms with Crippen LogP contribution in [0.25, 0.3) is 0 Å². The van der Waals surface area contributed by atoms with E-state index >= 15 is 0 Å². The van der Waals surface area contributed by atoms with E-state index in [1.54, 1.807) is 4.90 Å². The van der Waals surface area contributed by atoms with Crippen LogP contribution in [0.3, 0.4) is 0 Å². The summed E-state index contributed by atoms with van der Waals surface area (Å²) in [5.41, 5.74) is 0.766. The lowest BCUT2D eigenvalue weighted by Gasteiger charge is -2.27. The summed E-state index contributed by atoms with van der Waals surface area (Å²) in [5.74, 6) is 0.133. The SMILES string of the molecule is CC(=O)N(c1ccccc1)C1CCS(=O)(=O)C1. The minimum Gasteiger partial charge on any atom is -0.309 e. The van der Waals surface area contributed by atoms with Gasteiger partial charge in [-0.25, -0.2) is 8.42 Å². The van der Waals surface area contributed by atoms with Crippen LogP contribution in [0.4, 0.5) is 5.69 Å². The largest absolute Gasteiger partial charge is 0.309 e. The normalized spacial score (nSPS) is 22.3. The number of carbonyl (C=O) groups excluding carboxylic acids is 1. The molecule has 1 aliphatic heterocycles. The van der Waals surface area contributed by atoms with E-state index in [0.717, 1.165) is 5.69 Å². The van der Waals surface area contributed by atoms with E-state index in [1.807, 2.05) is 30.3 Å². The molecule has 1 aromatic carbocycles. The summed E-state index contributed by atoms with van der Waals surface area (Å²) < 4.78 is 22.9. The zero-order valence-corrected chi connectivity index (χ0v) is 10.5. The Morgan fingerprint density at radius 2 is 1.94 bits per heavy atom. The molecule has 1 atom stereocenters. The summed E-state index contributed by atoms with van der Waals surface area (Å²) in [6.45, 7) is 1.47. The van der Waals surface area contributed by atoms with E-state index in [1.165, 1.54) is 6.92 Å². The van der Waals surface area contributed by atoms with Crippen molar-refractivity contribution in [1.29, 1.82) is 0 Å². The lowest BCUT2D eigenvalue weighted by atomic mass is 10.2. The van der Waals surface area contributed by atoms with Crippen molar-refractivity contribution >= 4 is 21.4 Å². The quantitative estimate of drug-likeness (QED) is 0.796. The highest BCUT2D eigenvalue weighted by Gasteiger charge is 2.34. The van der Waals surface area contributed by atoms with Gasteiger partial charge in [-0.1, -0.05) is 18.2 Å². The minimum absolute atomic E-state index is 0.0709. The first kappa shape index (κ1) is 12.1. The molecular weight excluding hydrogens is 238 g/mol. The molecule has 0 aliphatic carbocycles. The van der Waals surface area contributed by atoms with Crippen molar-refractivity contribution in [3.8, 4) is 0 Å². The second-order valence-corrected chi connectivity index (χ2v) is 6.51. The molecule has 92 valence electrons. The highest BCUT2D eigenvalue weighted by atomic mass is 32.2. The second-order valence-electron chi connectivity index (χ2n) is 4.28. The maximum Gasteiger partial charge on any atom is 0.224 e. The molecular formula is C12H15NO3S. The van der Waals surface area contributed by atoms with E-state index in [-0.39, 0.29) is 23.5 Å². The first-order chi connectivity index (χ1) is 7.99. The Morgan fingerprint density at radius 3 is 2.41 bits per heavy atom. The zero-order valence-electron chi connectivity index (χ0n) is 9.67. The Morgan fingerprint density at radius 1 is 1.29 bits per heavy atom. The van der Waals surface area contributed by atoms with Gasteiger partial charge in [-0.15, -0.1) is 0 Å². The Labute approximate surface area is 101 Å². The number of para-hydroxylation sites is 1. The minimum atomic E-state index is -2.98. The fraction of sp³-hybridized carbons (Fsp3) is 0.417. The van der Waals surface area contributed by atoms with Gasteiger partial charge in [-0.05, 0) is 18.6 Å². The summed E-state index contributed by atoms with van der Waals surface area (Å²) >= 11 is 0. The number of hydrogen-bond donors (Lipinski definition) is 0. The van der Waals surface area contributed by atoms with Crippen molar-refractivity contribution in [3.05, 3.63) is 30.3 Å². The van der Waals surface area contributed by atoms with Crippen LogP contribution >= 0.6 is 0 Å². The smallest absolute Gasteiger partial charge is 0.224 e. The molecule has 1 aliphatic rings. The van der Waals surface area contributed by atoms with Crippen molar-refractivity contribution in [2.75, 3.05) is 16.4 Å². The topological polar surface area (TPSA) is 54.5 Å². The van der Waals surface area contributed by atoms with Crippen molar-refractivity contribution < 1.29 is 13.2 Å². The van der Waals surface area contributed by atoms with Crippen LogP contribution in [0.2, 0.25) is 0 Å². The van der Waals surface area contributed by atoms with Crippen molar-refractivity contribution in [2.45, 2.75) is 19.4 Å². The molecule has 0 spiro atoms. The fourth-order valence-electron chi connectivity index (χ4n) is 2.22. The molecule has 1 heterocycles. The number of hydrogen-bond acceptors (Lipinski definition) is 3. The molecule has 1 fully saturated rings. The number of amides is 1. The predicted molar refractivity (Wildman–Crippen MR) is 66.7 cm³/mol. The average molecular weight is 253 g/mol. The standard InChI is InChI=1S/C12H15NO3S/c1-10(14)13(11-5-3-2-4-6-11)12-7-8-17(15,16)9-12/h2-6,12H,7-9H2,1H3. The van der Waals surface area contributed by atoms with Crippen LogP contribution < -0.4 is 4.90 Å². The van der Waals surface area contributed by atoms with Gasteiger partial charge in [0.05, 0.1) is 17.5 Å². The Balaban J connectivity index is 2.29. The highest BCUT2D eigenvalue weighted by Crippen LogP contribution is 2.24. The fourth-order valence-corrected chi connectivity index (χ4v) is 3.92. The summed E-state index contributed by atoms with van der Waals surface area (Å²) in [6, 6.07) is 8.98. The molecule has 1 aromatic rings. The van der Waals surface area contributed by atoms with E-state index in [4.69, 9.17) is 0 Å². The molecule has 0 aromatic heterocycles. The summed E-state index contributed by atoms with van der Waals surface area (Å²) in [5, 5.41) is 0. The molecule has 0 radical (unpaired) electrons. The molecule has 1 amide bonds. The summed E-state index contributed by atoms with van der Waals surface area (Å²) in [6.07, 6.45) is 0.525. The van der Waals surface area contributed by atoms with Gasteiger partial charge in [0, 0.05) is 12.6 Å². The third kappa shape index (κ3) is 2.66. The van der Waals surface area contributed by atoms with Gasteiger partial charge in [-0.2, -0.15) is 0 Å². The molecule has 0 bridgehead atoms. The van der Waals surface area contributed by atoms with E-state index in [0.29, 0.717) is 6.42 Å². The van der Waals surface area contributed by atoms with Gasteiger partial charge in [0.1, 0.15) is 0 Å². The maximum atomic E-state index is 11.7. The molecule has 0 saturated carbocycles. The van der Waals surface area contributed by atoms with Gasteiger partial charge < -0.3 is 4.90 Å². The zero-order chi connectivity index (χ0) is 12.5. The average Bonchev–Trinajstić information content (AvgIpc) is 2.60. The van der Waals surface area contributed by atoms with Crippen molar-refractivity contribution in [1.82, 2.24) is 0 Å². The van der Waals surface area contributed by atoms with Gasteiger partial charge in [-0.3, -0.25) is 4.79 Å². The van der Waals surface area contributed by atoms with Crippen LogP contribution in [-0.4, -0.2) is 31.9 Å². The Bertz CT molecular complexity index is 510. The van der Waals surface area contributed by atoms with Gasteiger partial charge in [0.2, 0.25) is 5.91 Å². The monoisotopic (exact) mass is 253 g/mol. The molecule has 2 rings (SSSR count). The molecule has 1 saturated heterocycles. The molecule has 5 heteroatoms. The van der Waals surface area contributed by atoms with Crippen LogP contribution in [0.5, 0.6) is 0 Å². The lowest BCUT2D eigenvalue weighted by Crippen LogP contribution is -2.39. The van der Waals surface area contributed by atoms with Gasteiger partial charge >= 0.3 is 0 Å². The van der Waals surface area contributed by atoms with Crippen molar-refractivity contribution in [3.63, 3.8) is 0 Å². The summed E-state index contributed by atoms with van der Waals surface area (Å²) in [4.78, 5) is 13.3. The van der Waals surface area contributed by atoms with Crippen LogP contribution in [0.1, 0.15) is 13.3 Å². The maximum absolute atomic E-state index is 11.7. The molecule has 0 N–H and O–H groups in total. The number of nitrogens with zero attached hydrogens (tertiary/aromatic N) is 1. The Hall–Kier alpha value is -1.36. The van der Waals surface area contributed by atoms with E-state index in [9.17, 15) is 13.2 Å². The van der Waals surface area contributed by atoms with Gasteiger partial charge in [0.25, 0.3) is 0 Å². The number of carbonyl (C=O) groups is 1. The number of rotatable bonds is 2. The summed E-state index contributed by atoms with van der Waals surface area (Å²) in [7, 11) is -2.98. The van der Waals surface area contributed by atoms with Gasteiger partial charge in [0.15, 0.2) is 9.84 Å². The van der Waals surface area contributed by atoms with E-state index in [2.05, 4.69) is 0 Å². The van der Waals surface area contributed by atoms with Crippen LogP contribution in [-0.2, 0) is 14.6 Å². The second kappa shape index (κ2) is 4.49. The predicted octanol–water partition coefficient (Wildman–Crippen LogP) is 1.23. The highest BCUT2D eigenvalue weighted by molar-refractivity contribution is 7.91. The molecule has 1 unspecified atom stereocenters. The number of anilines is 1. The number of benzene rings is 1.